The molecule has 2 atom stereocenters. The molecule has 0 aromatic rings. The average molecular weight is 303 g/mol. The van der Waals surface area contributed by atoms with Crippen molar-refractivity contribution in [1.82, 2.24) is 16.0 Å². The third-order valence-electron chi connectivity index (χ3n) is 4.54. The second kappa shape index (κ2) is 7.40. The minimum atomic E-state index is -0.574. The van der Waals surface area contributed by atoms with Gasteiger partial charge in [0.25, 0.3) is 0 Å². The molecule has 0 spiro atoms. The van der Waals surface area contributed by atoms with Gasteiger partial charge in [-0.15, -0.1) is 11.8 Å². The molecule has 0 bridgehead atoms. The van der Waals surface area contributed by atoms with Gasteiger partial charge in [0.15, 0.2) is 0 Å². The van der Waals surface area contributed by atoms with Crippen LogP contribution in [0.3, 0.4) is 0 Å². The molecule has 3 fully saturated rings. The molecule has 6 heteroatoms. The first-order valence-corrected chi connectivity index (χ1v) is 8.97. The van der Waals surface area contributed by atoms with E-state index in [0.717, 1.165) is 51.1 Å². The van der Waals surface area contributed by atoms with Gasteiger partial charge in [0.2, 0.25) is 0 Å². The molecule has 3 aliphatic rings. The number of alkyl halides is 1. The summed E-state index contributed by atoms with van der Waals surface area (Å²) >= 11 is 1.87. The number of thioether (sulfide) groups is 1. The Morgan fingerprint density at radius 2 is 1.80 bits per heavy atom. The topological polar surface area (TPSA) is 45.3 Å². The Morgan fingerprint density at radius 1 is 1.05 bits per heavy atom. The molecule has 116 valence electrons. The maximum atomic E-state index is 13.2. The molecule has 3 rings (SSSR count). The summed E-state index contributed by atoms with van der Waals surface area (Å²) < 4.78 is 19.3. The van der Waals surface area contributed by atoms with Gasteiger partial charge >= 0.3 is 0 Å². The van der Waals surface area contributed by atoms with Gasteiger partial charge in [0.1, 0.15) is 17.9 Å². The zero-order chi connectivity index (χ0) is 13.8. The van der Waals surface area contributed by atoms with Crippen LogP contribution in [0.25, 0.3) is 0 Å². The Bertz CT molecular complexity index is 296. The van der Waals surface area contributed by atoms with Crippen LogP contribution in [-0.2, 0) is 4.74 Å². The molecule has 2 unspecified atom stereocenters. The van der Waals surface area contributed by atoms with E-state index in [1.807, 2.05) is 11.8 Å². The fraction of sp³-hybridized carbons (Fsp3) is 1.00. The molecular weight excluding hydrogens is 277 g/mol. The number of halogens is 1. The van der Waals surface area contributed by atoms with E-state index >= 15 is 0 Å². The lowest BCUT2D eigenvalue weighted by Gasteiger charge is -2.29. The van der Waals surface area contributed by atoms with Gasteiger partial charge in [-0.05, 0) is 51.1 Å². The highest BCUT2D eigenvalue weighted by Crippen LogP contribution is 2.32. The summed E-state index contributed by atoms with van der Waals surface area (Å²) in [7, 11) is 0. The average Bonchev–Trinajstić information content (AvgIpc) is 2.96. The number of hydrogen-bond acceptors (Lipinski definition) is 5. The first-order chi connectivity index (χ1) is 9.81. The molecule has 4 nitrogen and oxygen atoms in total. The van der Waals surface area contributed by atoms with Crippen molar-refractivity contribution >= 4 is 11.8 Å². The molecule has 2 heterocycles. The Morgan fingerprint density at radius 3 is 2.55 bits per heavy atom. The highest BCUT2D eigenvalue weighted by atomic mass is 32.2. The molecule has 0 amide bonds. The van der Waals surface area contributed by atoms with Gasteiger partial charge in [-0.2, -0.15) is 0 Å². The molecule has 3 N–H and O–H groups in total. The van der Waals surface area contributed by atoms with Crippen LogP contribution < -0.4 is 16.0 Å². The fourth-order valence-corrected chi connectivity index (χ4v) is 4.34. The molecule has 2 aliphatic heterocycles. The van der Waals surface area contributed by atoms with Crippen LogP contribution in [-0.4, -0.2) is 49.4 Å². The number of nitrogens with one attached hydrogen (secondary N) is 3. The Balaban J connectivity index is 1.36. The molecule has 1 saturated carbocycles. The quantitative estimate of drug-likeness (QED) is 0.733. The van der Waals surface area contributed by atoms with Crippen molar-refractivity contribution in [2.45, 2.75) is 56.1 Å². The van der Waals surface area contributed by atoms with Gasteiger partial charge in [-0.25, -0.2) is 4.39 Å². The summed E-state index contributed by atoms with van der Waals surface area (Å²) in [5.74, 6) is 1.51. The maximum Gasteiger partial charge on any atom is 0.117 e. The van der Waals surface area contributed by atoms with Crippen LogP contribution in [0.1, 0.15) is 32.1 Å². The lowest BCUT2D eigenvalue weighted by atomic mass is 9.84. The van der Waals surface area contributed by atoms with Crippen molar-refractivity contribution in [1.29, 1.82) is 0 Å². The van der Waals surface area contributed by atoms with Gasteiger partial charge in [0, 0.05) is 12.3 Å². The van der Waals surface area contributed by atoms with Crippen molar-refractivity contribution in [3.05, 3.63) is 0 Å². The fourth-order valence-electron chi connectivity index (χ4n) is 3.31. The van der Waals surface area contributed by atoms with Crippen LogP contribution in [0.2, 0.25) is 0 Å². The highest BCUT2D eigenvalue weighted by Gasteiger charge is 2.34. The maximum absolute atomic E-state index is 13.2. The summed E-state index contributed by atoms with van der Waals surface area (Å²) in [6.45, 7) is 3.12. The van der Waals surface area contributed by atoms with E-state index in [9.17, 15) is 4.39 Å². The Hall–Kier alpha value is 0.120. The lowest BCUT2D eigenvalue weighted by Crippen LogP contribution is -2.47. The van der Waals surface area contributed by atoms with Crippen LogP contribution in [0, 0.1) is 5.92 Å². The minimum Gasteiger partial charge on any atom is -0.358 e. The van der Waals surface area contributed by atoms with Gasteiger partial charge < -0.3 is 4.74 Å². The molecule has 20 heavy (non-hydrogen) atoms. The third-order valence-corrected chi connectivity index (χ3v) is 5.70. The predicted molar refractivity (Wildman–Crippen MR) is 80.4 cm³/mol. The normalized spacial score (nSPS) is 40.0. The molecule has 0 aromatic heterocycles. The summed E-state index contributed by atoms with van der Waals surface area (Å²) in [5, 5.41) is 10.4. The van der Waals surface area contributed by atoms with Crippen LogP contribution >= 0.6 is 11.8 Å². The molecule has 0 aromatic carbocycles. The molecule has 1 aliphatic carbocycles. The van der Waals surface area contributed by atoms with Crippen LogP contribution in [0.15, 0.2) is 0 Å². The summed E-state index contributed by atoms with van der Waals surface area (Å²) in [6.07, 6.45) is 4.49. The summed E-state index contributed by atoms with van der Waals surface area (Å²) in [5.41, 5.74) is 0.357. The van der Waals surface area contributed by atoms with E-state index in [1.54, 1.807) is 0 Å². The van der Waals surface area contributed by atoms with Gasteiger partial charge in [-0.3, -0.25) is 16.0 Å². The molecule has 0 radical (unpaired) electrons. The largest absolute Gasteiger partial charge is 0.358 e. The van der Waals surface area contributed by atoms with Crippen molar-refractivity contribution in [2.24, 2.45) is 5.92 Å². The molecular formula is C14H26FN3OS. The monoisotopic (exact) mass is 303 g/mol. The number of ether oxygens (including phenoxy) is 1. The lowest BCUT2D eigenvalue weighted by molar-refractivity contribution is 0.00425. The van der Waals surface area contributed by atoms with Crippen molar-refractivity contribution < 1.29 is 9.13 Å². The minimum absolute atomic E-state index is 0.152. The summed E-state index contributed by atoms with van der Waals surface area (Å²) in [4.78, 5) is 0. The Kier molecular flexibility index (Phi) is 5.56. The highest BCUT2D eigenvalue weighted by molar-refractivity contribution is 7.99. The van der Waals surface area contributed by atoms with Crippen LogP contribution in [0.4, 0.5) is 4.39 Å². The van der Waals surface area contributed by atoms with E-state index in [2.05, 4.69) is 16.0 Å². The second-order valence-electron chi connectivity index (χ2n) is 6.06. The van der Waals surface area contributed by atoms with Crippen molar-refractivity contribution in [3.8, 4) is 0 Å². The van der Waals surface area contributed by atoms with E-state index in [4.69, 9.17) is 4.74 Å². The molecule has 2 saturated heterocycles. The van der Waals surface area contributed by atoms with Gasteiger partial charge in [0.05, 0.1) is 6.10 Å². The van der Waals surface area contributed by atoms with Gasteiger partial charge in [-0.1, -0.05) is 0 Å². The summed E-state index contributed by atoms with van der Waals surface area (Å²) in [6, 6.07) is 0. The zero-order valence-electron chi connectivity index (χ0n) is 11.9. The van der Waals surface area contributed by atoms with E-state index in [1.165, 1.54) is 6.42 Å². The second-order valence-corrected chi connectivity index (χ2v) is 7.20. The first-order valence-electron chi connectivity index (χ1n) is 7.92. The SMILES string of the molecule is FC1CCC(C2CNC(CSC3NCCCN3)O2)CC1. The third kappa shape index (κ3) is 4.07. The van der Waals surface area contributed by atoms with E-state index in [-0.39, 0.29) is 6.23 Å². The first kappa shape index (κ1) is 15.0. The predicted octanol–water partition coefficient (Wildman–Crippen LogP) is 1.43. The van der Waals surface area contributed by atoms with E-state index < -0.39 is 6.17 Å². The number of hydrogen-bond donors (Lipinski definition) is 3. The van der Waals surface area contributed by atoms with Crippen molar-refractivity contribution in [2.75, 3.05) is 25.4 Å². The van der Waals surface area contributed by atoms with Crippen LogP contribution in [0.5, 0.6) is 0 Å². The van der Waals surface area contributed by atoms with E-state index in [0.29, 0.717) is 17.5 Å². The standard InChI is InChI=1S/C14H26FN3OS/c15-11-4-2-10(3-5-11)12-8-18-13(19-12)9-20-14-16-6-1-7-17-14/h10-14,16-18H,1-9H2. The number of rotatable bonds is 4. The Labute approximate surface area is 125 Å². The zero-order valence-corrected chi connectivity index (χ0v) is 12.8. The smallest absolute Gasteiger partial charge is 0.117 e. The van der Waals surface area contributed by atoms with Crippen molar-refractivity contribution in [3.63, 3.8) is 0 Å².